The number of nitrogens with zero attached hydrogens (tertiary/aromatic N) is 1. The molecule has 2 heterocycles. The summed E-state index contributed by atoms with van der Waals surface area (Å²) >= 11 is 1.45. The number of hydrogen-bond donors (Lipinski definition) is 2. The molecular weight excluding hydrogens is 528 g/mol. The molecule has 0 bridgehead atoms. The molecule has 2 saturated carbocycles. The quantitative estimate of drug-likeness (QED) is 0.427. The Balaban J connectivity index is 1.45. The molecule has 0 spiro atoms. The predicted molar refractivity (Wildman–Crippen MR) is 158 cm³/mol. The average Bonchev–Trinajstić information content (AvgIpc) is 3.51. The van der Waals surface area contributed by atoms with Crippen molar-refractivity contribution in [3.63, 3.8) is 0 Å². The maximum absolute atomic E-state index is 13.3. The van der Waals surface area contributed by atoms with Gasteiger partial charge in [0, 0.05) is 6.54 Å². The maximum atomic E-state index is 13.3. The molecule has 1 amide bonds. The first-order valence-electron chi connectivity index (χ1n) is 14.6. The van der Waals surface area contributed by atoms with E-state index < -0.39 is 15.4 Å². The molecule has 1 aromatic carbocycles. The molecule has 39 heavy (non-hydrogen) atoms. The van der Waals surface area contributed by atoms with Gasteiger partial charge in [0.15, 0.2) is 14.8 Å². The van der Waals surface area contributed by atoms with Crippen molar-refractivity contribution < 1.29 is 18.3 Å². The van der Waals surface area contributed by atoms with Crippen molar-refractivity contribution in [3.8, 4) is 10.4 Å². The normalized spacial score (nSPS) is 22.4. The largest absolute Gasteiger partial charge is 0.388 e. The minimum Gasteiger partial charge on any atom is -0.388 e. The molecule has 1 aromatic heterocycles. The Morgan fingerprint density at radius 2 is 1.74 bits per heavy atom. The molecule has 1 aliphatic heterocycles. The van der Waals surface area contributed by atoms with Gasteiger partial charge in [0.1, 0.15) is 0 Å². The van der Waals surface area contributed by atoms with E-state index in [0.29, 0.717) is 10.9 Å². The summed E-state index contributed by atoms with van der Waals surface area (Å²) in [4.78, 5) is 19.3. The van der Waals surface area contributed by atoms with Crippen molar-refractivity contribution in [3.05, 3.63) is 40.0 Å². The highest BCUT2D eigenvalue weighted by atomic mass is 32.2. The summed E-state index contributed by atoms with van der Waals surface area (Å²) in [6.45, 7) is 9.13. The Kier molecular flexibility index (Phi) is 7.79. The summed E-state index contributed by atoms with van der Waals surface area (Å²) in [5.41, 5.74) is 3.90. The van der Waals surface area contributed by atoms with E-state index in [9.17, 15) is 18.3 Å². The van der Waals surface area contributed by atoms with Crippen molar-refractivity contribution in [1.82, 2.24) is 10.3 Å². The lowest BCUT2D eigenvalue weighted by Gasteiger charge is -2.31. The van der Waals surface area contributed by atoms with Gasteiger partial charge in [0.05, 0.1) is 27.7 Å². The Hall–Kier alpha value is -1.77. The number of benzene rings is 1. The van der Waals surface area contributed by atoms with Crippen molar-refractivity contribution in [2.75, 3.05) is 18.1 Å². The molecule has 0 unspecified atom stereocenters. The van der Waals surface area contributed by atoms with E-state index in [0.717, 1.165) is 22.6 Å². The van der Waals surface area contributed by atoms with Crippen molar-refractivity contribution in [2.45, 2.75) is 108 Å². The molecule has 214 valence electrons. The van der Waals surface area contributed by atoms with Crippen molar-refractivity contribution >= 4 is 27.1 Å². The molecule has 2 aromatic rings. The zero-order valence-electron chi connectivity index (χ0n) is 23.9. The topological polar surface area (TPSA) is 96.4 Å². The highest BCUT2D eigenvalue weighted by Gasteiger charge is 2.40. The average molecular weight is 573 g/mol. The van der Waals surface area contributed by atoms with Gasteiger partial charge in [-0.1, -0.05) is 65.9 Å². The van der Waals surface area contributed by atoms with Gasteiger partial charge < -0.3 is 10.4 Å². The molecule has 0 atom stereocenters. The van der Waals surface area contributed by atoms with Crippen LogP contribution >= 0.6 is 11.3 Å². The molecule has 5 rings (SSSR count). The van der Waals surface area contributed by atoms with E-state index in [1.165, 1.54) is 67.4 Å². The van der Waals surface area contributed by atoms with Gasteiger partial charge in [-0.2, -0.15) is 0 Å². The lowest BCUT2D eigenvalue weighted by atomic mass is 9.82. The van der Waals surface area contributed by atoms with E-state index in [1.807, 2.05) is 0 Å². The second kappa shape index (κ2) is 10.6. The molecule has 1 saturated heterocycles. The third-order valence-electron chi connectivity index (χ3n) is 9.19. The number of hydrogen-bond acceptors (Lipinski definition) is 6. The van der Waals surface area contributed by atoms with E-state index >= 15 is 0 Å². The fraction of sp³-hybridized carbons (Fsp3) is 0.677. The van der Waals surface area contributed by atoms with E-state index in [-0.39, 0.29) is 47.6 Å². The second-order valence-electron chi connectivity index (χ2n) is 13.7. The van der Waals surface area contributed by atoms with Gasteiger partial charge in [-0.15, -0.1) is 11.3 Å². The third-order valence-corrected chi connectivity index (χ3v) is 12.0. The van der Waals surface area contributed by atoms with Gasteiger partial charge in [-0.05, 0) is 77.7 Å². The number of carbonyl (C=O) groups excluding carboxylic acids is 1. The van der Waals surface area contributed by atoms with Gasteiger partial charge >= 0.3 is 0 Å². The predicted octanol–water partition coefficient (Wildman–Crippen LogP) is 5.95. The summed E-state index contributed by atoms with van der Waals surface area (Å²) < 4.78 is 23.6. The van der Waals surface area contributed by atoms with Crippen LogP contribution in [0.2, 0.25) is 0 Å². The number of sulfone groups is 1. The fourth-order valence-electron chi connectivity index (χ4n) is 5.91. The Labute approximate surface area is 237 Å². The Morgan fingerprint density at radius 1 is 1.08 bits per heavy atom. The molecular formula is C31H44N2O4S2. The Bertz CT molecular complexity index is 1290. The first-order chi connectivity index (χ1) is 18.3. The third kappa shape index (κ3) is 6.76. The van der Waals surface area contributed by atoms with Crippen LogP contribution in [0.4, 0.5) is 0 Å². The van der Waals surface area contributed by atoms with Crippen LogP contribution in [0.5, 0.6) is 0 Å². The molecule has 0 radical (unpaired) electrons. The summed E-state index contributed by atoms with van der Waals surface area (Å²) in [6.07, 6.45) is 9.81. The molecule has 2 N–H and O–H groups in total. The summed E-state index contributed by atoms with van der Waals surface area (Å²) in [5, 5.41) is 14.2. The van der Waals surface area contributed by atoms with Crippen LogP contribution in [-0.4, -0.2) is 48.1 Å². The zero-order chi connectivity index (χ0) is 28.1. The van der Waals surface area contributed by atoms with Gasteiger partial charge in [-0.25, -0.2) is 13.4 Å². The first kappa shape index (κ1) is 28.7. The van der Waals surface area contributed by atoms with Gasteiger partial charge in [-0.3, -0.25) is 4.79 Å². The molecule has 3 aliphatic rings. The molecule has 3 fully saturated rings. The smallest absolute Gasteiger partial charge is 0.280 e. The minimum absolute atomic E-state index is 0.00730. The monoisotopic (exact) mass is 572 g/mol. The number of carbonyl (C=O) groups is 1. The maximum Gasteiger partial charge on any atom is 0.280 e. The fourth-order valence-corrected chi connectivity index (χ4v) is 8.49. The van der Waals surface area contributed by atoms with E-state index in [4.69, 9.17) is 4.98 Å². The number of thiazole rings is 1. The van der Waals surface area contributed by atoms with Crippen LogP contribution in [0.1, 0.15) is 112 Å². The number of aliphatic hydroxyl groups is 1. The van der Waals surface area contributed by atoms with Crippen molar-refractivity contribution in [1.29, 1.82) is 0 Å². The second-order valence-corrected chi connectivity index (χ2v) is 17.0. The SMILES string of the molecule is CC(C)(C)c1cc(-c2sc(C(=O)NCC3(O)CCS(=O)(=O)CC3)nc2CC2CCCCC2)cc(C2(C)CC2)c1. The molecule has 6 nitrogen and oxygen atoms in total. The Morgan fingerprint density at radius 3 is 2.36 bits per heavy atom. The van der Waals surface area contributed by atoms with Crippen LogP contribution in [-0.2, 0) is 27.1 Å². The first-order valence-corrected chi connectivity index (χ1v) is 17.3. The van der Waals surface area contributed by atoms with Crippen LogP contribution in [0.25, 0.3) is 10.4 Å². The molecule has 8 heteroatoms. The highest BCUT2D eigenvalue weighted by molar-refractivity contribution is 7.91. The number of nitrogens with one attached hydrogen (secondary N) is 1. The van der Waals surface area contributed by atoms with Gasteiger partial charge in [0.2, 0.25) is 0 Å². The van der Waals surface area contributed by atoms with E-state index in [2.05, 4.69) is 51.2 Å². The lowest BCUT2D eigenvalue weighted by molar-refractivity contribution is 0.0296. The van der Waals surface area contributed by atoms with Crippen molar-refractivity contribution in [2.24, 2.45) is 5.92 Å². The number of amides is 1. The van der Waals surface area contributed by atoms with Crippen LogP contribution in [0.3, 0.4) is 0 Å². The zero-order valence-corrected chi connectivity index (χ0v) is 25.6. The summed E-state index contributed by atoms with van der Waals surface area (Å²) in [5.74, 6) is 0.209. The number of rotatable bonds is 7. The van der Waals surface area contributed by atoms with E-state index in [1.54, 1.807) is 0 Å². The summed E-state index contributed by atoms with van der Waals surface area (Å²) in [6, 6.07) is 6.99. The van der Waals surface area contributed by atoms with Crippen LogP contribution in [0, 0.1) is 5.92 Å². The minimum atomic E-state index is -3.10. The molecule has 2 aliphatic carbocycles. The van der Waals surface area contributed by atoms with Crippen LogP contribution in [0.15, 0.2) is 18.2 Å². The standard InChI is InChI=1S/C31H44N2O4S2/c1-29(2,3)23-17-22(18-24(19-23)30(4)10-11-30)26-25(16-21-8-6-5-7-9-21)33-28(38-26)27(34)32-20-31(35)12-14-39(36,37)15-13-31/h17-19,21,35H,5-16,20H2,1-4H3,(H,32,34). The van der Waals surface area contributed by atoms with Gasteiger partial charge in [0.25, 0.3) is 5.91 Å². The highest BCUT2D eigenvalue weighted by Crippen LogP contribution is 2.50. The number of aromatic nitrogens is 1. The summed E-state index contributed by atoms with van der Waals surface area (Å²) in [7, 11) is -3.10. The van der Waals surface area contributed by atoms with Crippen LogP contribution < -0.4 is 5.32 Å². The lowest BCUT2D eigenvalue weighted by Crippen LogP contribution is -2.48.